The molecule has 2 aromatic carbocycles. The number of hydrogen-bond acceptors (Lipinski definition) is 2. The zero-order valence-electron chi connectivity index (χ0n) is 17.2. The van der Waals surface area contributed by atoms with E-state index in [0.29, 0.717) is 10.7 Å². The van der Waals surface area contributed by atoms with E-state index in [4.69, 9.17) is 11.6 Å². The molecule has 1 atom stereocenters. The topological polar surface area (TPSA) is 46.3 Å². The van der Waals surface area contributed by atoms with Gasteiger partial charge >= 0.3 is 0 Å². The summed E-state index contributed by atoms with van der Waals surface area (Å²) in [4.78, 5) is 29.7. The molecule has 0 unspecified atom stereocenters. The zero-order valence-corrected chi connectivity index (χ0v) is 18.0. The average Bonchev–Trinajstić information content (AvgIpc) is 3.05. The maximum Gasteiger partial charge on any atom is 0.292 e. The smallest absolute Gasteiger partial charge is 0.292 e. The van der Waals surface area contributed by atoms with E-state index in [1.54, 1.807) is 12.1 Å². The second-order valence-electron chi connectivity index (χ2n) is 8.18. The van der Waals surface area contributed by atoms with Gasteiger partial charge < -0.3 is 9.80 Å². The fourth-order valence-corrected chi connectivity index (χ4v) is 4.52. The number of aryl methyl sites for hydroxylation is 1. The number of anilines is 1. The van der Waals surface area contributed by atoms with Crippen LogP contribution in [0.3, 0.4) is 0 Å². The number of quaternary nitrogens is 2. The van der Waals surface area contributed by atoms with Crippen molar-refractivity contribution in [3.8, 4) is 0 Å². The third kappa shape index (κ3) is 4.48. The first-order valence-electron chi connectivity index (χ1n) is 10.6. The molecule has 2 amide bonds. The van der Waals surface area contributed by atoms with Gasteiger partial charge in [-0.15, -0.1) is 0 Å². The number of imide groups is 1. The molecular formula is C24H28ClN3O2+2. The van der Waals surface area contributed by atoms with Crippen LogP contribution in [0.25, 0.3) is 6.08 Å². The number of nitrogens with one attached hydrogen (secondary N) is 2. The maximum atomic E-state index is 13.0. The molecule has 2 saturated heterocycles. The first kappa shape index (κ1) is 20.8. The van der Waals surface area contributed by atoms with Crippen LogP contribution in [0.2, 0.25) is 5.02 Å². The Morgan fingerprint density at radius 1 is 1.07 bits per heavy atom. The van der Waals surface area contributed by atoms with Crippen LogP contribution in [0.1, 0.15) is 17.5 Å². The van der Waals surface area contributed by atoms with Gasteiger partial charge in [0, 0.05) is 5.02 Å². The van der Waals surface area contributed by atoms with E-state index in [9.17, 15) is 9.59 Å². The molecule has 5 nitrogen and oxygen atoms in total. The van der Waals surface area contributed by atoms with Crippen molar-refractivity contribution in [3.63, 3.8) is 0 Å². The van der Waals surface area contributed by atoms with Crippen LogP contribution in [-0.2, 0) is 9.59 Å². The lowest BCUT2D eigenvalue weighted by Gasteiger charge is -2.31. The van der Waals surface area contributed by atoms with Gasteiger partial charge in [0.05, 0.1) is 18.7 Å². The second-order valence-corrected chi connectivity index (χ2v) is 8.59. The predicted molar refractivity (Wildman–Crippen MR) is 119 cm³/mol. The standard InChI is InChI=1S/C24H26ClN3O2/c1-18-9-10-20(16-21(18)25)28-23(29)17-22(24(28)30)27-14-12-26(13-15-27)11-5-8-19-6-3-2-4-7-19/h2-10,16,22H,11-15,17H2,1H3/p+2/b8-5+/t22-/m0/s1. The minimum atomic E-state index is -0.279. The molecule has 4 rings (SSSR count). The molecule has 0 spiro atoms. The quantitative estimate of drug-likeness (QED) is 0.695. The summed E-state index contributed by atoms with van der Waals surface area (Å²) in [6.45, 7) is 6.70. The SMILES string of the molecule is Cc1ccc(N2C(=O)C[C@H]([NH+]3CC[NH+](C/C=C/c4ccccc4)CC3)C2=O)cc1Cl. The zero-order chi connectivity index (χ0) is 21.1. The van der Waals surface area contributed by atoms with E-state index in [0.717, 1.165) is 38.3 Å². The van der Waals surface area contributed by atoms with Gasteiger partial charge in [0.15, 0.2) is 6.04 Å². The third-order valence-electron chi connectivity index (χ3n) is 6.17. The summed E-state index contributed by atoms with van der Waals surface area (Å²) in [6.07, 6.45) is 4.67. The van der Waals surface area contributed by atoms with Gasteiger partial charge in [0.25, 0.3) is 5.91 Å². The number of carbonyl (C=O) groups is 2. The number of rotatable bonds is 5. The number of carbonyl (C=O) groups excluding carboxylic acids is 2. The molecule has 2 N–H and O–H groups in total. The highest BCUT2D eigenvalue weighted by atomic mass is 35.5. The molecule has 2 fully saturated rings. The second kappa shape index (κ2) is 9.13. The fourth-order valence-electron chi connectivity index (χ4n) is 4.35. The molecule has 30 heavy (non-hydrogen) atoms. The molecule has 2 aliphatic rings. The highest BCUT2D eigenvalue weighted by Gasteiger charge is 2.46. The molecule has 0 saturated carbocycles. The number of benzene rings is 2. The Labute approximate surface area is 182 Å². The van der Waals surface area contributed by atoms with Crippen molar-refractivity contribution in [3.05, 3.63) is 70.8 Å². The van der Waals surface area contributed by atoms with Crippen LogP contribution in [-0.4, -0.2) is 50.6 Å². The lowest BCUT2D eigenvalue weighted by molar-refractivity contribution is -1.02. The number of piperazine rings is 1. The summed E-state index contributed by atoms with van der Waals surface area (Å²) in [5, 5.41) is 0.574. The fraction of sp³-hybridized carbons (Fsp3) is 0.333. The number of hydrogen-bond donors (Lipinski definition) is 2. The largest absolute Gasteiger partial charge is 0.322 e. The number of halogens is 1. The molecule has 2 aliphatic heterocycles. The summed E-state index contributed by atoms with van der Waals surface area (Å²) < 4.78 is 0. The Kier molecular flexibility index (Phi) is 6.32. The Hall–Kier alpha value is -2.47. The van der Waals surface area contributed by atoms with Crippen molar-refractivity contribution in [1.29, 1.82) is 0 Å². The summed E-state index contributed by atoms with van der Waals surface area (Å²) in [7, 11) is 0. The van der Waals surface area contributed by atoms with Crippen molar-refractivity contribution in [2.45, 2.75) is 19.4 Å². The summed E-state index contributed by atoms with van der Waals surface area (Å²) in [6, 6.07) is 15.4. The summed E-state index contributed by atoms with van der Waals surface area (Å²) in [5.74, 6) is -0.222. The monoisotopic (exact) mass is 425 g/mol. The summed E-state index contributed by atoms with van der Waals surface area (Å²) >= 11 is 6.21. The van der Waals surface area contributed by atoms with Gasteiger partial charge in [0.1, 0.15) is 26.2 Å². The van der Waals surface area contributed by atoms with E-state index < -0.39 is 0 Å². The molecule has 0 bridgehead atoms. The molecule has 6 heteroatoms. The minimum absolute atomic E-state index is 0.0951. The Balaban J connectivity index is 1.33. The highest BCUT2D eigenvalue weighted by molar-refractivity contribution is 6.32. The van der Waals surface area contributed by atoms with Crippen molar-refractivity contribution in [2.75, 3.05) is 37.6 Å². The van der Waals surface area contributed by atoms with Gasteiger partial charge in [-0.1, -0.05) is 54.1 Å². The lowest BCUT2D eigenvalue weighted by Crippen LogP contribution is -3.30. The van der Waals surface area contributed by atoms with Crippen molar-refractivity contribution in [2.24, 2.45) is 0 Å². The van der Waals surface area contributed by atoms with Gasteiger partial charge in [-0.05, 0) is 36.3 Å². The van der Waals surface area contributed by atoms with Gasteiger partial charge in [0.2, 0.25) is 5.91 Å². The normalized spacial score (nSPS) is 24.7. The van der Waals surface area contributed by atoms with Gasteiger partial charge in [-0.25, -0.2) is 4.90 Å². The first-order chi connectivity index (χ1) is 14.5. The van der Waals surface area contributed by atoms with E-state index in [1.165, 1.54) is 20.3 Å². The molecule has 0 aliphatic carbocycles. The van der Waals surface area contributed by atoms with Crippen molar-refractivity contribution >= 4 is 35.2 Å². The number of amides is 2. The van der Waals surface area contributed by atoms with Crippen molar-refractivity contribution < 1.29 is 19.4 Å². The van der Waals surface area contributed by atoms with Crippen LogP contribution in [0.4, 0.5) is 5.69 Å². The summed E-state index contributed by atoms with van der Waals surface area (Å²) in [5.41, 5.74) is 2.73. The van der Waals surface area contributed by atoms with E-state index >= 15 is 0 Å². The maximum absolute atomic E-state index is 13.0. The predicted octanol–water partition coefficient (Wildman–Crippen LogP) is 0.777. The molecular weight excluding hydrogens is 398 g/mol. The van der Waals surface area contributed by atoms with Crippen LogP contribution in [0, 0.1) is 6.92 Å². The average molecular weight is 426 g/mol. The Morgan fingerprint density at radius 2 is 1.80 bits per heavy atom. The van der Waals surface area contributed by atoms with Crippen LogP contribution in [0.5, 0.6) is 0 Å². The first-order valence-corrected chi connectivity index (χ1v) is 10.9. The Bertz CT molecular complexity index is 952. The van der Waals surface area contributed by atoms with Crippen LogP contribution >= 0.6 is 11.6 Å². The van der Waals surface area contributed by atoms with Crippen LogP contribution in [0.15, 0.2) is 54.6 Å². The van der Waals surface area contributed by atoms with Gasteiger partial charge in [-0.3, -0.25) is 9.59 Å². The van der Waals surface area contributed by atoms with E-state index in [1.807, 2.05) is 31.2 Å². The van der Waals surface area contributed by atoms with Gasteiger partial charge in [-0.2, -0.15) is 0 Å². The van der Waals surface area contributed by atoms with E-state index in [-0.39, 0.29) is 24.3 Å². The number of nitrogens with zero attached hydrogens (tertiary/aromatic N) is 1. The molecule has 0 radical (unpaired) electrons. The van der Waals surface area contributed by atoms with E-state index in [2.05, 4.69) is 24.3 Å². The lowest BCUT2D eigenvalue weighted by atomic mass is 10.1. The Morgan fingerprint density at radius 3 is 2.50 bits per heavy atom. The van der Waals surface area contributed by atoms with Crippen molar-refractivity contribution in [1.82, 2.24) is 0 Å². The highest BCUT2D eigenvalue weighted by Crippen LogP contribution is 2.27. The minimum Gasteiger partial charge on any atom is -0.322 e. The third-order valence-corrected chi connectivity index (χ3v) is 6.58. The molecule has 2 heterocycles. The molecule has 2 aromatic rings. The molecule has 0 aromatic heterocycles. The molecule has 156 valence electrons. The van der Waals surface area contributed by atoms with Crippen LogP contribution < -0.4 is 14.7 Å².